The van der Waals surface area contributed by atoms with Gasteiger partial charge in [0.1, 0.15) is 0 Å². The number of amides is 2. The van der Waals surface area contributed by atoms with Crippen LogP contribution in [-0.2, 0) is 0 Å². The molecule has 0 spiro atoms. The third kappa shape index (κ3) is 6.44. The van der Waals surface area contributed by atoms with E-state index in [4.69, 9.17) is 4.42 Å². The van der Waals surface area contributed by atoms with Gasteiger partial charge in [-0.1, -0.05) is 12.5 Å². The van der Waals surface area contributed by atoms with Gasteiger partial charge >= 0.3 is 0 Å². The number of rotatable bonds is 8. The van der Waals surface area contributed by atoms with Gasteiger partial charge in [-0.05, 0) is 92.0 Å². The average Bonchev–Trinajstić information content (AvgIpc) is 3.15. The zero-order chi connectivity index (χ0) is 20.6. The van der Waals surface area contributed by atoms with Crippen molar-refractivity contribution in [3.05, 3.63) is 52.4 Å². The Bertz CT molecular complexity index is 836. The van der Waals surface area contributed by atoms with Gasteiger partial charge in [-0.2, -0.15) is 0 Å². The zero-order valence-corrected chi connectivity index (χ0v) is 18.3. The topological polar surface area (TPSA) is 74.6 Å². The minimum Gasteiger partial charge on any atom is -0.444 e. The highest BCUT2D eigenvalue weighted by Crippen LogP contribution is 2.18. The van der Waals surface area contributed by atoms with E-state index in [0.717, 1.165) is 19.4 Å². The van der Waals surface area contributed by atoms with Gasteiger partial charge in [-0.25, -0.2) is 0 Å². The number of carbonyl (C=O) groups is 2. The lowest BCUT2D eigenvalue weighted by atomic mass is 10.0. The molecule has 6 nitrogen and oxygen atoms in total. The highest BCUT2D eigenvalue weighted by molar-refractivity contribution is 9.10. The smallest absolute Gasteiger partial charge is 0.291 e. The summed E-state index contributed by atoms with van der Waals surface area (Å²) in [4.78, 5) is 27.1. The highest BCUT2D eigenvalue weighted by atomic mass is 79.9. The summed E-state index contributed by atoms with van der Waals surface area (Å²) in [5, 5.41) is 5.71. The van der Waals surface area contributed by atoms with E-state index in [1.807, 2.05) is 0 Å². The van der Waals surface area contributed by atoms with Gasteiger partial charge in [0, 0.05) is 23.8 Å². The molecular formula is C22H28BrN3O3. The Hall–Kier alpha value is -2.12. The van der Waals surface area contributed by atoms with Crippen molar-refractivity contribution in [1.82, 2.24) is 10.2 Å². The van der Waals surface area contributed by atoms with Crippen LogP contribution >= 0.6 is 15.9 Å². The molecule has 2 N–H and O–H groups in total. The lowest BCUT2D eigenvalue weighted by Gasteiger charge is -2.33. The molecule has 1 fully saturated rings. The molecule has 1 unspecified atom stereocenters. The van der Waals surface area contributed by atoms with Crippen molar-refractivity contribution >= 4 is 33.4 Å². The molecule has 0 aliphatic carbocycles. The van der Waals surface area contributed by atoms with Crippen LogP contribution in [0, 0.1) is 0 Å². The zero-order valence-electron chi connectivity index (χ0n) is 16.7. The number of anilines is 1. The van der Waals surface area contributed by atoms with Crippen LogP contribution in [-0.4, -0.2) is 42.4 Å². The molecule has 1 aromatic carbocycles. The van der Waals surface area contributed by atoms with Crippen molar-refractivity contribution in [2.24, 2.45) is 0 Å². The Morgan fingerprint density at radius 2 is 2.03 bits per heavy atom. The lowest BCUT2D eigenvalue weighted by molar-refractivity contribution is 0.0949. The molecule has 156 valence electrons. The molecule has 1 aliphatic rings. The number of likely N-dealkylation sites (tertiary alicyclic amines) is 1. The molecule has 1 saturated heterocycles. The molecule has 1 aliphatic heterocycles. The quantitative estimate of drug-likeness (QED) is 0.559. The lowest BCUT2D eigenvalue weighted by Crippen LogP contribution is -2.38. The number of unbranched alkanes of at least 4 members (excludes halogenated alkanes) is 1. The number of nitrogens with zero attached hydrogens (tertiary/aromatic N) is 1. The Morgan fingerprint density at radius 1 is 1.17 bits per heavy atom. The number of hydrogen-bond donors (Lipinski definition) is 2. The predicted molar refractivity (Wildman–Crippen MR) is 117 cm³/mol. The monoisotopic (exact) mass is 461 g/mol. The van der Waals surface area contributed by atoms with Gasteiger partial charge in [-0.15, -0.1) is 0 Å². The van der Waals surface area contributed by atoms with E-state index in [1.54, 1.807) is 36.4 Å². The van der Waals surface area contributed by atoms with Gasteiger partial charge in [0.2, 0.25) is 0 Å². The van der Waals surface area contributed by atoms with E-state index in [-0.39, 0.29) is 17.6 Å². The third-order valence-electron chi connectivity index (χ3n) is 5.28. The highest BCUT2D eigenvalue weighted by Gasteiger charge is 2.17. The summed E-state index contributed by atoms with van der Waals surface area (Å²) in [5.41, 5.74) is 1.07. The number of benzene rings is 1. The summed E-state index contributed by atoms with van der Waals surface area (Å²) in [6.45, 7) is 5.25. The van der Waals surface area contributed by atoms with Crippen LogP contribution in [0.25, 0.3) is 0 Å². The Balaban J connectivity index is 1.42. The van der Waals surface area contributed by atoms with Crippen molar-refractivity contribution in [2.45, 2.75) is 45.1 Å². The van der Waals surface area contributed by atoms with E-state index >= 15 is 0 Å². The van der Waals surface area contributed by atoms with Crippen molar-refractivity contribution < 1.29 is 14.0 Å². The maximum absolute atomic E-state index is 12.4. The Labute approximate surface area is 180 Å². The van der Waals surface area contributed by atoms with Gasteiger partial charge in [0.25, 0.3) is 11.8 Å². The SMILES string of the molecule is CC1CCCCN1CCCCNC(=O)c1cccc(NC(=O)c2ccc(Br)o2)c1. The van der Waals surface area contributed by atoms with Crippen LogP contribution in [0.2, 0.25) is 0 Å². The Kier molecular flexibility index (Phi) is 7.89. The molecule has 1 atom stereocenters. The maximum Gasteiger partial charge on any atom is 0.291 e. The first-order valence-corrected chi connectivity index (χ1v) is 11.0. The maximum atomic E-state index is 12.4. The molecule has 2 aromatic rings. The van der Waals surface area contributed by atoms with Crippen LogP contribution < -0.4 is 10.6 Å². The van der Waals surface area contributed by atoms with Crippen molar-refractivity contribution in [3.63, 3.8) is 0 Å². The summed E-state index contributed by atoms with van der Waals surface area (Å²) < 4.78 is 5.73. The van der Waals surface area contributed by atoms with E-state index < -0.39 is 0 Å². The number of halogens is 1. The second kappa shape index (κ2) is 10.6. The van der Waals surface area contributed by atoms with Crippen LogP contribution in [0.3, 0.4) is 0 Å². The van der Waals surface area contributed by atoms with E-state index in [0.29, 0.717) is 28.5 Å². The molecule has 3 rings (SSSR count). The van der Waals surface area contributed by atoms with Crippen LogP contribution in [0.5, 0.6) is 0 Å². The van der Waals surface area contributed by atoms with Gasteiger partial charge < -0.3 is 20.0 Å². The minimum atomic E-state index is -0.361. The minimum absolute atomic E-state index is 0.131. The molecule has 0 bridgehead atoms. The number of carbonyl (C=O) groups excluding carboxylic acids is 2. The van der Waals surface area contributed by atoms with Crippen molar-refractivity contribution in [1.29, 1.82) is 0 Å². The molecular weight excluding hydrogens is 434 g/mol. The largest absolute Gasteiger partial charge is 0.444 e. The second-order valence-electron chi connectivity index (χ2n) is 7.48. The van der Waals surface area contributed by atoms with E-state index in [2.05, 4.69) is 38.4 Å². The molecule has 0 saturated carbocycles. The molecule has 7 heteroatoms. The fraction of sp³-hybridized carbons (Fsp3) is 0.455. The van der Waals surface area contributed by atoms with Gasteiger partial charge in [-0.3, -0.25) is 9.59 Å². The van der Waals surface area contributed by atoms with Crippen LogP contribution in [0.1, 0.15) is 59.9 Å². The van der Waals surface area contributed by atoms with Crippen molar-refractivity contribution in [3.8, 4) is 0 Å². The second-order valence-corrected chi connectivity index (χ2v) is 8.26. The number of nitrogens with one attached hydrogen (secondary N) is 2. The molecule has 29 heavy (non-hydrogen) atoms. The van der Waals surface area contributed by atoms with Crippen LogP contribution in [0.4, 0.5) is 5.69 Å². The van der Waals surface area contributed by atoms with Gasteiger partial charge in [0.15, 0.2) is 10.4 Å². The molecule has 0 radical (unpaired) electrons. The number of furan rings is 1. The fourth-order valence-corrected chi connectivity index (χ4v) is 3.91. The third-order valence-corrected chi connectivity index (χ3v) is 5.70. The summed E-state index contributed by atoms with van der Waals surface area (Å²) in [6.07, 6.45) is 5.97. The summed E-state index contributed by atoms with van der Waals surface area (Å²) in [5.74, 6) is -0.289. The normalized spacial score (nSPS) is 17.1. The molecule has 1 aromatic heterocycles. The predicted octanol–water partition coefficient (Wildman–Crippen LogP) is 4.68. The van der Waals surface area contributed by atoms with E-state index in [1.165, 1.54) is 25.8 Å². The molecule has 2 heterocycles. The van der Waals surface area contributed by atoms with Crippen LogP contribution in [0.15, 0.2) is 45.5 Å². The summed E-state index contributed by atoms with van der Waals surface area (Å²) in [7, 11) is 0. The fourth-order valence-electron chi connectivity index (χ4n) is 3.60. The summed E-state index contributed by atoms with van der Waals surface area (Å²) >= 11 is 3.17. The number of hydrogen-bond acceptors (Lipinski definition) is 4. The first-order valence-electron chi connectivity index (χ1n) is 10.2. The van der Waals surface area contributed by atoms with Gasteiger partial charge in [0.05, 0.1) is 0 Å². The first-order chi connectivity index (χ1) is 14.0. The Morgan fingerprint density at radius 3 is 2.79 bits per heavy atom. The molecule has 2 amide bonds. The summed E-state index contributed by atoms with van der Waals surface area (Å²) in [6, 6.07) is 10.8. The number of piperidine rings is 1. The standard InChI is InChI=1S/C22H28BrN3O3/c1-16-7-2-4-13-26(16)14-5-3-12-24-21(27)17-8-6-9-18(15-17)25-22(28)19-10-11-20(23)29-19/h6,8-11,15-16H,2-5,7,12-14H2,1H3,(H,24,27)(H,25,28). The van der Waals surface area contributed by atoms with Crippen molar-refractivity contribution in [2.75, 3.05) is 25.0 Å². The van der Waals surface area contributed by atoms with E-state index in [9.17, 15) is 9.59 Å². The average molecular weight is 462 g/mol. The first kappa shape index (κ1) is 21.6.